The third kappa shape index (κ3) is 3.62. The predicted octanol–water partition coefficient (Wildman–Crippen LogP) is 3.73. The number of hydrogen-bond acceptors (Lipinski definition) is 4. The van der Waals surface area contributed by atoms with Gasteiger partial charge in [0.1, 0.15) is 17.5 Å². The third-order valence-corrected chi connectivity index (χ3v) is 5.34. The first-order valence-corrected chi connectivity index (χ1v) is 9.10. The molecule has 1 aliphatic rings. The van der Waals surface area contributed by atoms with Crippen LogP contribution in [0.4, 0.5) is 14.6 Å². The Morgan fingerprint density at radius 1 is 1.11 bits per heavy atom. The van der Waals surface area contributed by atoms with Gasteiger partial charge in [0, 0.05) is 24.6 Å². The summed E-state index contributed by atoms with van der Waals surface area (Å²) >= 11 is 0. The zero-order valence-electron chi connectivity index (χ0n) is 14.9. The monoisotopic (exact) mass is 369 g/mol. The summed E-state index contributed by atoms with van der Waals surface area (Å²) in [6.45, 7) is 1.29. The molecule has 0 saturated carbocycles. The maximum Gasteiger partial charge on any atom is 0.147 e. The van der Waals surface area contributed by atoms with Crippen LogP contribution >= 0.6 is 0 Å². The number of aromatic nitrogens is 2. The van der Waals surface area contributed by atoms with Gasteiger partial charge in [-0.1, -0.05) is 18.2 Å². The molecule has 27 heavy (non-hydrogen) atoms. The van der Waals surface area contributed by atoms with Crippen molar-refractivity contribution in [3.05, 3.63) is 65.9 Å². The maximum atomic E-state index is 14.1. The molecule has 1 aliphatic heterocycles. The molecule has 1 N–H and O–H groups in total. The Kier molecular flexibility index (Phi) is 4.74. The lowest BCUT2D eigenvalue weighted by Gasteiger charge is -2.42. The van der Waals surface area contributed by atoms with Gasteiger partial charge in [0.25, 0.3) is 0 Å². The molecule has 6 heteroatoms. The second-order valence-corrected chi connectivity index (χ2v) is 7.31. The number of aliphatic hydroxyl groups is 1. The van der Waals surface area contributed by atoms with Gasteiger partial charge in [0.05, 0.1) is 23.8 Å². The highest BCUT2D eigenvalue weighted by atomic mass is 19.1. The van der Waals surface area contributed by atoms with E-state index in [2.05, 4.69) is 9.88 Å². The number of nitrogens with zero attached hydrogens (tertiary/aromatic N) is 3. The highest BCUT2D eigenvalue weighted by Crippen LogP contribution is 2.35. The third-order valence-electron chi connectivity index (χ3n) is 5.34. The van der Waals surface area contributed by atoms with Crippen molar-refractivity contribution < 1.29 is 13.9 Å². The van der Waals surface area contributed by atoms with E-state index in [9.17, 15) is 13.9 Å². The number of piperidine rings is 1. The molecular formula is C21H21F2N3O. The Bertz CT molecular complexity index is 965. The summed E-state index contributed by atoms with van der Waals surface area (Å²) < 4.78 is 27.4. The molecule has 3 aromatic rings. The smallest absolute Gasteiger partial charge is 0.147 e. The highest BCUT2D eigenvalue weighted by molar-refractivity contribution is 5.75. The van der Waals surface area contributed by atoms with E-state index in [0.29, 0.717) is 18.5 Å². The van der Waals surface area contributed by atoms with Gasteiger partial charge < -0.3 is 10.0 Å². The quantitative estimate of drug-likeness (QED) is 0.761. The molecule has 2 heterocycles. The van der Waals surface area contributed by atoms with Crippen LogP contribution in [0.3, 0.4) is 0 Å². The minimum atomic E-state index is -0.592. The lowest BCUT2D eigenvalue weighted by Crippen LogP contribution is -2.47. The average molecular weight is 369 g/mol. The summed E-state index contributed by atoms with van der Waals surface area (Å²) in [7, 11) is 0. The van der Waals surface area contributed by atoms with Crippen LogP contribution in [0.5, 0.6) is 0 Å². The number of para-hydroxylation sites is 2. The number of benzene rings is 2. The van der Waals surface area contributed by atoms with Crippen LogP contribution in [0.2, 0.25) is 0 Å². The van der Waals surface area contributed by atoms with Crippen LogP contribution in [-0.2, 0) is 6.42 Å². The zero-order valence-corrected chi connectivity index (χ0v) is 14.9. The van der Waals surface area contributed by atoms with Gasteiger partial charge >= 0.3 is 0 Å². The minimum Gasteiger partial charge on any atom is -0.396 e. The SMILES string of the molecule is OCC1(Cc2ccc(F)cc2F)CCCN(c2cnc3ccccc3n2)C1. The Morgan fingerprint density at radius 3 is 2.70 bits per heavy atom. The van der Waals surface area contributed by atoms with Crippen molar-refractivity contribution in [2.45, 2.75) is 19.3 Å². The largest absolute Gasteiger partial charge is 0.396 e. The normalized spacial score (nSPS) is 20.2. The molecule has 0 radical (unpaired) electrons. The Hall–Kier alpha value is -2.60. The number of halogens is 2. The summed E-state index contributed by atoms with van der Waals surface area (Å²) in [5, 5.41) is 10.1. The van der Waals surface area contributed by atoms with Crippen LogP contribution in [0.25, 0.3) is 11.0 Å². The first kappa shape index (κ1) is 17.8. The van der Waals surface area contributed by atoms with E-state index in [0.717, 1.165) is 42.3 Å². The summed E-state index contributed by atoms with van der Waals surface area (Å²) in [4.78, 5) is 11.3. The van der Waals surface area contributed by atoms with Gasteiger partial charge in [0.2, 0.25) is 0 Å². The van der Waals surface area contributed by atoms with Crippen molar-refractivity contribution in [2.24, 2.45) is 5.41 Å². The fraction of sp³-hybridized carbons (Fsp3) is 0.333. The average Bonchev–Trinajstić information content (AvgIpc) is 2.70. The van der Waals surface area contributed by atoms with Crippen LogP contribution < -0.4 is 4.90 Å². The molecule has 140 valence electrons. The van der Waals surface area contributed by atoms with Crippen LogP contribution in [0.15, 0.2) is 48.7 Å². The Labute approximate surface area is 156 Å². The summed E-state index contributed by atoms with van der Waals surface area (Å²) in [5.74, 6) is -0.401. The van der Waals surface area contributed by atoms with Crippen LogP contribution in [0.1, 0.15) is 18.4 Å². The van der Waals surface area contributed by atoms with Crippen LogP contribution in [0, 0.1) is 17.0 Å². The number of rotatable bonds is 4. The van der Waals surface area contributed by atoms with Crippen molar-refractivity contribution in [3.8, 4) is 0 Å². The molecule has 1 atom stereocenters. The van der Waals surface area contributed by atoms with Crippen molar-refractivity contribution in [1.29, 1.82) is 0 Å². The number of hydrogen-bond donors (Lipinski definition) is 1. The van der Waals surface area contributed by atoms with Gasteiger partial charge in [-0.05, 0) is 43.0 Å². The molecule has 2 aromatic carbocycles. The molecule has 1 saturated heterocycles. The highest BCUT2D eigenvalue weighted by Gasteiger charge is 2.36. The lowest BCUT2D eigenvalue weighted by molar-refractivity contribution is 0.104. The number of anilines is 1. The first-order chi connectivity index (χ1) is 13.1. The standard InChI is InChI=1S/C21H21F2N3O/c22-16-7-6-15(17(23)10-16)11-21(14-27)8-3-9-26(13-21)20-12-24-18-4-1-2-5-19(18)25-20/h1-2,4-7,10,12,27H,3,8-9,11,13-14H2. The summed E-state index contributed by atoms with van der Waals surface area (Å²) in [6, 6.07) is 11.3. The van der Waals surface area contributed by atoms with Crippen molar-refractivity contribution in [2.75, 3.05) is 24.6 Å². The van der Waals surface area contributed by atoms with Crippen molar-refractivity contribution in [1.82, 2.24) is 9.97 Å². The second kappa shape index (κ2) is 7.19. The van der Waals surface area contributed by atoms with E-state index in [1.165, 1.54) is 12.1 Å². The Balaban J connectivity index is 1.60. The molecule has 4 rings (SSSR count). The van der Waals surface area contributed by atoms with E-state index in [-0.39, 0.29) is 6.61 Å². The fourth-order valence-corrected chi connectivity index (χ4v) is 3.90. The van der Waals surface area contributed by atoms with Crippen LogP contribution in [-0.4, -0.2) is 34.8 Å². The predicted molar refractivity (Wildman–Crippen MR) is 101 cm³/mol. The minimum absolute atomic E-state index is 0.0681. The number of aliphatic hydroxyl groups excluding tert-OH is 1. The van der Waals surface area contributed by atoms with E-state index in [4.69, 9.17) is 4.98 Å². The number of fused-ring (bicyclic) bond motifs is 1. The van der Waals surface area contributed by atoms with Gasteiger partial charge in [-0.2, -0.15) is 0 Å². The maximum absolute atomic E-state index is 14.1. The molecule has 0 aliphatic carbocycles. The van der Waals surface area contributed by atoms with Gasteiger partial charge in [0.15, 0.2) is 0 Å². The van der Waals surface area contributed by atoms with E-state index >= 15 is 0 Å². The molecule has 0 amide bonds. The molecule has 1 aromatic heterocycles. The van der Waals surface area contributed by atoms with E-state index < -0.39 is 17.0 Å². The van der Waals surface area contributed by atoms with Gasteiger partial charge in [-0.15, -0.1) is 0 Å². The van der Waals surface area contributed by atoms with Crippen molar-refractivity contribution in [3.63, 3.8) is 0 Å². The molecule has 0 bridgehead atoms. The summed E-state index contributed by atoms with van der Waals surface area (Å²) in [6.07, 6.45) is 3.73. The van der Waals surface area contributed by atoms with Crippen molar-refractivity contribution >= 4 is 16.9 Å². The Morgan fingerprint density at radius 2 is 1.93 bits per heavy atom. The van der Waals surface area contributed by atoms with E-state index in [1.54, 1.807) is 6.20 Å². The zero-order chi connectivity index (χ0) is 18.9. The van der Waals surface area contributed by atoms with E-state index in [1.807, 2.05) is 24.3 Å². The molecule has 1 fully saturated rings. The fourth-order valence-electron chi connectivity index (χ4n) is 3.90. The second-order valence-electron chi connectivity index (χ2n) is 7.31. The van der Waals surface area contributed by atoms with Gasteiger partial charge in [-0.25, -0.2) is 13.8 Å². The first-order valence-electron chi connectivity index (χ1n) is 9.10. The summed E-state index contributed by atoms with van der Waals surface area (Å²) in [5.41, 5.74) is 1.58. The molecule has 4 nitrogen and oxygen atoms in total. The topological polar surface area (TPSA) is 49.2 Å². The lowest BCUT2D eigenvalue weighted by atomic mass is 9.75. The molecule has 0 spiro atoms. The molecular weight excluding hydrogens is 348 g/mol. The van der Waals surface area contributed by atoms with Gasteiger partial charge in [-0.3, -0.25) is 4.98 Å². The molecule has 1 unspecified atom stereocenters.